The number of ether oxygens (including phenoxy) is 3. The van der Waals surface area contributed by atoms with E-state index >= 15 is 0 Å². The third-order valence-electron chi connectivity index (χ3n) is 3.26. The molecule has 0 aromatic heterocycles. The predicted octanol–water partition coefficient (Wildman–Crippen LogP) is 3.30. The van der Waals surface area contributed by atoms with Crippen molar-refractivity contribution in [2.75, 3.05) is 20.8 Å². The maximum Gasteiger partial charge on any atom is 0.277 e. The molecule has 7 heteroatoms. The summed E-state index contributed by atoms with van der Waals surface area (Å²) in [4.78, 5) is 11.8. The van der Waals surface area contributed by atoms with Gasteiger partial charge in [-0.2, -0.15) is 5.10 Å². The van der Waals surface area contributed by atoms with Crippen LogP contribution in [-0.4, -0.2) is 32.9 Å². The van der Waals surface area contributed by atoms with Crippen LogP contribution in [-0.2, 0) is 4.79 Å². The summed E-state index contributed by atoms with van der Waals surface area (Å²) in [6.07, 6.45) is 1.49. The van der Waals surface area contributed by atoms with E-state index in [0.29, 0.717) is 22.8 Å². The number of hydrogen-bond acceptors (Lipinski definition) is 5. The molecule has 1 amide bonds. The lowest BCUT2D eigenvalue weighted by molar-refractivity contribution is -0.123. The van der Waals surface area contributed by atoms with Crippen molar-refractivity contribution in [2.24, 2.45) is 5.10 Å². The molecule has 132 valence electrons. The van der Waals surface area contributed by atoms with Crippen LogP contribution >= 0.6 is 15.9 Å². The minimum Gasteiger partial charge on any atom is -0.496 e. The standard InChI is InChI=1S/C18H19BrN2O4/c1-12-5-4-6-14(7-12)25-11-18(22)21-20-10-13-8-15(19)17(24-3)9-16(13)23-2/h4-10H,11H2,1-3H3,(H,21,22)/b20-10+. The Labute approximate surface area is 154 Å². The number of nitrogens with one attached hydrogen (secondary N) is 1. The average Bonchev–Trinajstić information content (AvgIpc) is 2.60. The Balaban J connectivity index is 1.94. The summed E-state index contributed by atoms with van der Waals surface area (Å²) < 4.78 is 16.7. The number of carbonyl (C=O) groups is 1. The lowest BCUT2D eigenvalue weighted by Crippen LogP contribution is -2.24. The van der Waals surface area contributed by atoms with E-state index in [2.05, 4.69) is 26.5 Å². The quantitative estimate of drug-likeness (QED) is 0.565. The first-order chi connectivity index (χ1) is 12.0. The number of benzene rings is 2. The fraction of sp³-hybridized carbons (Fsp3) is 0.222. The van der Waals surface area contributed by atoms with Gasteiger partial charge in [-0.15, -0.1) is 0 Å². The number of hydrogen-bond donors (Lipinski definition) is 1. The van der Waals surface area contributed by atoms with Crippen molar-refractivity contribution in [1.82, 2.24) is 5.43 Å². The molecule has 0 spiro atoms. The van der Waals surface area contributed by atoms with Gasteiger partial charge in [-0.1, -0.05) is 12.1 Å². The van der Waals surface area contributed by atoms with E-state index < -0.39 is 0 Å². The first-order valence-electron chi connectivity index (χ1n) is 7.46. The average molecular weight is 407 g/mol. The molecular formula is C18H19BrN2O4. The zero-order valence-electron chi connectivity index (χ0n) is 14.2. The molecule has 2 aromatic rings. The van der Waals surface area contributed by atoms with Crippen LogP contribution < -0.4 is 19.6 Å². The summed E-state index contributed by atoms with van der Waals surface area (Å²) in [5.74, 6) is 1.50. The Morgan fingerprint density at radius 1 is 1.20 bits per heavy atom. The lowest BCUT2D eigenvalue weighted by Gasteiger charge is -2.09. The molecule has 0 heterocycles. The molecule has 0 aliphatic rings. The highest BCUT2D eigenvalue weighted by Crippen LogP contribution is 2.31. The highest BCUT2D eigenvalue weighted by atomic mass is 79.9. The second-order valence-electron chi connectivity index (χ2n) is 5.13. The molecule has 0 fully saturated rings. The van der Waals surface area contributed by atoms with Gasteiger partial charge < -0.3 is 14.2 Å². The maximum atomic E-state index is 11.8. The first kappa shape index (κ1) is 18.8. The molecule has 2 rings (SSSR count). The summed E-state index contributed by atoms with van der Waals surface area (Å²) in [5.41, 5.74) is 4.17. The van der Waals surface area contributed by atoms with Crippen molar-refractivity contribution in [3.05, 3.63) is 52.0 Å². The van der Waals surface area contributed by atoms with Crippen LogP contribution in [0.1, 0.15) is 11.1 Å². The van der Waals surface area contributed by atoms with Crippen LogP contribution in [0.3, 0.4) is 0 Å². The Morgan fingerprint density at radius 3 is 2.64 bits per heavy atom. The molecule has 6 nitrogen and oxygen atoms in total. The summed E-state index contributed by atoms with van der Waals surface area (Å²) in [7, 11) is 3.12. The molecule has 2 aromatic carbocycles. The number of hydrazone groups is 1. The number of nitrogens with zero attached hydrogens (tertiary/aromatic N) is 1. The predicted molar refractivity (Wildman–Crippen MR) is 99.7 cm³/mol. The lowest BCUT2D eigenvalue weighted by atomic mass is 10.2. The number of halogens is 1. The summed E-state index contributed by atoms with van der Waals surface area (Å²) >= 11 is 3.40. The molecule has 0 radical (unpaired) electrons. The number of methoxy groups -OCH3 is 2. The number of amides is 1. The highest BCUT2D eigenvalue weighted by molar-refractivity contribution is 9.10. The van der Waals surface area contributed by atoms with Crippen LogP contribution in [0.2, 0.25) is 0 Å². The smallest absolute Gasteiger partial charge is 0.277 e. The van der Waals surface area contributed by atoms with Crippen LogP contribution in [0.15, 0.2) is 46.0 Å². The van der Waals surface area contributed by atoms with E-state index in [0.717, 1.165) is 10.0 Å². The van der Waals surface area contributed by atoms with Gasteiger partial charge in [-0.3, -0.25) is 4.79 Å². The highest BCUT2D eigenvalue weighted by Gasteiger charge is 2.08. The number of aryl methyl sites for hydroxylation is 1. The molecule has 0 aliphatic carbocycles. The van der Waals surface area contributed by atoms with Crippen LogP contribution in [0.4, 0.5) is 0 Å². The molecule has 1 N–H and O–H groups in total. The van der Waals surface area contributed by atoms with Crippen molar-refractivity contribution >= 4 is 28.1 Å². The minimum absolute atomic E-state index is 0.121. The van der Waals surface area contributed by atoms with Gasteiger partial charge in [0.15, 0.2) is 6.61 Å². The van der Waals surface area contributed by atoms with Gasteiger partial charge in [-0.25, -0.2) is 5.43 Å². The van der Waals surface area contributed by atoms with Crippen LogP contribution in [0.5, 0.6) is 17.2 Å². The van der Waals surface area contributed by atoms with E-state index in [1.165, 1.54) is 6.21 Å². The zero-order valence-corrected chi connectivity index (χ0v) is 15.8. The van der Waals surface area contributed by atoms with Gasteiger partial charge in [0.1, 0.15) is 17.2 Å². The molecule has 0 unspecified atom stereocenters. The summed E-state index contributed by atoms with van der Waals surface area (Å²) in [6, 6.07) is 11.0. The van der Waals surface area contributed by atoms with Crippen LogP contribution in [0.25, 0.3) is 0 Å². The van der Waals surface area contributed by atoms with E-state index in [1.54, 1.807) is 32.4 Å². The monoisotopic (exact) mass is 406 g/mol. The van der Waals surface area contributed by atoms with Gasteiger partial charge in [0.05, 0.1) is 24.9 Å². The molecular weight excluding hydrogens is 388 g/mol. The molecule has 0 saturated carbocycles. The van der Waals surface area contributed by atoms with Crippen molar-refractivity contribution in [1.29, 1.82) is 0 Å². The Morgan fingerprint density at radius 2 is 1.96 bits per heavy atom. The second-order valence-corrected chi connectivity index (χ2v) is 5.98. The third-order valence-corrected chi connectivity index (χ3v) is 3.88. The number of carbonyl (C=O) groups excluding carboxylic acids is 1. The van der Waals surface area contributed by atoms with Gasteiger partial charge >= 0.3 is 0 Å². The van der Waals surface area contributed by atoms with E-state index in [1.807, 2.05) is 25.1 Å². The Hall–Kier alpha value is -2.54. The molecule has 0 atom stereocenters. The normalized spacial score (nSPS) is 10.6. The summed E-state index contributed by atoms with van der Waals surface area (Å²) in [6.45, 7) is 1.84. The van der Waals surface area contributed by atoms with E-state index in [4.69, 9.17) is 14.2 Å². The fourth-order valence-electron chi connectivity index (χ4n) is 2.04. The Kier molecular flexibility index (Phi) is 6.82. The fourth-order valence-corrected chi connectivity index (χ4v) is 2.57. The second kappa shape index (κ2) is 9.08. The first-order valence-corrected chi connectivity index (χ1v) is 8.25. The SMILES string of the molecule is COc1cc(OC)c(/C=N/NC(=O)COc2cccc(C)c2)cc1Br. The summed E-state index contributed by atoms with van der Waals surface area (Å²) in [5, 5.41) is 3.93. The largest absolute Gasteiger partial charge is 0.496 e. The molecule has 0 aliphatic heterocycles. The van der Waals surface area contributed by atoms with Gasteiger partial charge in [0, 0.05) is 11.6 Å². The van der Waals surface area contributed by atoms with Crippen molar-refractivity contribution in [2.45, 2.75) is 6.92 Å². The van der Waals surface area contributed by atoms with Gasteiger partial charge in [0.2, 0.25) is 0 Å². The van der Waals surface area contributed by atoms with Crippen molar-refractivity contribution in [3.63, 3.8) is 0 Å². The minimum atomic E-state index is -0.357. The Bertz CT molecular complexity index is 778. The third kappa shape index (κ3) is 5.49. The molecule has 25 heavy (non-hydrogen) atoms. The topological polar surface area (TPSA) is 69.2 Å². The van der Waals surface area contributed by atoms with E-state index in [-0.39, 0.29) is 12.5 Å². The number of rotatable bonds is 7. The van der Waals surface area contributed by atoms with Crippen molar-refractivity contribution in [3.8, 4) is 17.2 Å². The molecule has 0 bridgehead atoms. The maximum absolute atomic E-state index is 11.8. The zero-order chi connectivity index (χ0) is 18.2. The van der Waals surface area contributed by atoms with E-state index in [9.17, 15) is 4.79 Å². The van der Waals surface area contributed by atoms with Crippen molar-refractivity contribution < 1.29 is 19.0 Å². The van der Waals surface area contributed by atoms with Gasteiger partial charge in [0.25, 0.3) is 5.91 Å². The van der Waals surface area contributed by atoms with Gasteiger partial charge in [-0.05, 0) is 46.6 Å². The van der Waals surface area contributed by atoms with Crippen LogP contribution in [0, 0.1) is 6.92 Å². The molecule has 0 saturated heterocycles.